The minimum Gasteiger partial charge on any atom is -0.376 e. The Labute approximate surface area is 98.4 Å². The second-order valence-electron chi connectivity index (χ2n) is 4.18. The smallest absolute Gasteiger partial charge is 0.159 e. The summed E-state index contributed by atoms with van der Waals surface area (Å²) in [5.41, 5.74) is 0.569. The van der Waals surface area contributed by atoms with Crippen molar-refractivity contribution in [3.63, 3.8) is 0 Å². The van der Waals surface area contributed by atoms with Crippen LogP contribution in [0.2, 0.25) is 0 Å². The van der Waals surface area contributed by atoms with Crippen molar-refractivity contribution in [3.05, 3.63) is 35.4 Å². The Morgan fingerprint density at radius 2 is 2.12 bits per heavy atom. The van der Waals surface area contributed by atoms with Crippen LogP contribution in [0.3, 0.4) is 0 Å². The molecule has 0 saturated carbocycles. The van der Waals surface area contributed by atoms with Gasteiger partial charge in [-0.25, -0.2) is 8.78 Å². The lowest BCUT2D eigenvalue weighted by atomic mass is 9.97. The van der Waals surface area contributed by atoms with Crippen molar-refractivity contribution in [2.75, 3.05) is 6.61 Å². The Kier molecular flexibility index (Phi) is 3.45. The van der Waals surface area contributed by atoms with Gasteiger partial charge in [0.2, 0.25) is 0 Å². The van der Waals surface area contributed by atoms with Gasteiger partial charge in [0.15, 0.2) is 11.6 Å². The second-order valence-corrected chi connectivity index (χ2v) is 4.65. The molecule has 1 aliphatic rings. The molecule has 0 bridgehead atoms. The molecule has 0 aliphatic carbocycles. The van der Waals surface area contributed by atoms with Gasteiger partial charge in [-0.05, 0) is 30.0 Å². The standard InChI is InChI=1S/C12H13ClF2O/c1-7-4-5-16-12(7)11(13)8-2-3-9(14)10(15)6-8/h2-3,6-7,11-12H,4-5H2,1H3. The van der Waals surface area contributed by atoms with E-state index < -0.39 is 17.0 Å². The van der Waals surface area contributed by atoms with E-state index in [1.54, 1.807) is 0 Å². The summed E-state index contributed by atoms with van der Waals surface area (Å²) in [6, 6.07) is 3.74. The molecule has 0 spiro atoms. The van der Waals surface area contributed by atoms with E-state index in [0.717, 1.165) is 18.6 Å². The van der Waals surface area contributed by atoms with E-state index in [2.05, 4.69) is 0 Å². The van der Waals surface area contributed by atoms with Crippen molar-refractivity contribution in [1.29, 1.82) is 0 Å². The number of alkyl halides is 1. The molecule has 1 heterocycles. The first-order valence-electron chi connectivity index (χ1n) is 5.30. The molecular formula is C12H13ClF2O. The summed E-state index contributed by atoms with van der Waals surface area (Å²) in [5, 5.41) is -0.424. The van der Waals surface area contributed by atoms with Crippen LogP contribution in [0.1, 0.15) is 24.3 Å². The minimum absolute atomic E-state index is 0.119. The fraction of sp³-hybridized carbons (Fsp3) is 0.500. The van der Waals surface area contributed by atoms with E-state index in [1.807, 2.05) is 6.92 Å². The molecule has 1 aromatic carbocycles. The quantitative estimate of drug-likeness (QED) is 0.724. The maximum absolute atomic E-state index is 13.0. The fourth-order valence-corrected chi connectivity index (χ4v) is 2.42. The lowest BCUT2D eigenvalue weighted by molar-refractivity contribution is 0.0902. The predicted molar refractivity (Wildman–Crippen MR) is 58.5 cm³/mol. The predicted octanol–water partition coefficient (Wildman–Crippen LogP) is 3.67. The highest BCUT2D eigenvalue weighted by Crippen LogP contribution is 2.36. The van der Waals surface area contributed by atoms with Crippen molar-refractivity contribution in [2.24, 2.45) is 5.92 Å². The zero-order valence-electron chi connectivity index (χ0n) is 8.92. The molecule has 3 atom stereocenters. The molecule has 2 rings (SSSR count). The molecule has 3 unspecified atom stereocenters. The number of benzene rings is 1. The van der Waals surface area contributed by atoms with Crippen molar-refractivity contribution >= 4 is 11.6 Å². The molecule has 16 heavy (non-hydrogen) atoms. The Hall–Kier alpha value is -0.670. The van der Waals surface area contributed by atoms with Crippen LogP contribution < -0.4 is 0 Å². The first kappa shape index (κ1) is 11.8. The third kappa shape index (κ3) is 2.20. The SMILES string of the molecule is CC1CCOC1C(Cl)c1ccc(F)c(F)c1. The largest absolute Gasteiger partial charge is 0.376 e. The Morgan fingerprint density at radius 1 is 1.38 bits per heavy atom. The molecule has 0 radical (unpaired) electrons. The van der Waals surface area contributed by atoms with Gasteiger partial charge >= 0.3 is 0 Å². The van der Waals surface area contributed by atoms with E-state index in [4.69, 9.17) is 16.3 Å². The van der Waals surface area contributed by atoms with Crippen molar-refractivity contribution in [1.82, 2.24) is 0 Å². The molecule has 1 aliphatic heterocycles. The minimum atomic E-state index is -0.867. The zero-order chi connectivity index (χ0) is 11.7. The summed E-state index contributed by atoms with van der Waals surface area (Å²) < 4.78 is 31.3. The van der Waals surface area contributed by atoms with Crippen molar-refractivity contribution in [2.45, 2.75) is 24.8 Å². The molecule has 0 N–H and O–H groups in total. The highest BCUT2D eigenvalue weighted by atomic mass is 35.5. The van der Waals surface area contributed by atoms with Crippen molar-refractivity contribution < 1.29 is 13.5 Å². The number of rotatable bonds is 2. The second kappa shape index (κ2) is 4.68. The molecule has 4 heteroatoms. The van der Waals surface area contributed by atoms with Crippen LogP contribution in [0.5, 0.6) is 0 Å². The van der Waals surface area contributed by atoms with E-state index in [0.29, 0.717) is 18.1 Å². The van der Waals surface area contributed by atoms with E-state index in [9.17, 15) is 8.78 Å². The lowest BCUT2D eigenvalue weighted by Crippen LogP contribution is -2.19. The molecule has 0 aromatic heterocycles. The molecule has 1 saturated heterocycles. The van der Waals surface area contributed by atoms with Crippen LogP contribution in [0, 0.1) is 17.6 Å². The summed E-state index contributed by atoms with van der Waals surface area (Å²) in [4.78, 5) is 0. The number of ether oxygens (including phenoxy) is 1. The van der Waals surface area contributed by atoms with Gasteiger partial charge in [0.25, 0.3) is 0 Å². The summed E-state index contributed by atoms with van der Waals surface area (Å²) in [6.07, 6.45) is 0.837. The van der Waals surface area contributed by atoms with Crippen LogP contribution >= 0.6 is 11.6 Å². The molecule has 1 aromatic rings. The first-order valence-corrected chi connectivity index (χ1v) is 5.74. The average Bonchev–Trinajstić information content (AvgIpc) is 2.67. The van der Waals surface area contributed by atoms with Gasteiger partial charge in [-0.3, -0.25) is 0 Å². The van der Waals surface area contributed by atoms with Gasteiger partial charge in [0.05, 0.1) is 11.5 Å². The number of hydrogen-bond acceptors (Lipinski definition) is 1. The molecule has 0 amide bonds. The van der Waals surface area contributed by atoms with Crippen LogP contribution in [-0.4, -0.2) is 12.7 Å². The highest BCUT2D eigenvalue weighted by Gasteiger charge is 2.32. The van der Waals surface area contributed by atoms with Gasteiger partial charge in [-0.2, -0.15) is 0 Å². The summed E-state index contributed by atoms with van der Waals surface area (Å²) in [5.74, 6) is -1.38. The normalized spacial score (nSPS) is 27.0. The van der Waals surface area contributed by atoms with E-state index in [1.165, 1.54) is 6.07 Å². The molecule has 1 fully saturated rings. The zero-order valence-corrected chi connectivity index (χ0v) is 9.68. The third-order valence-corrected chi connectivity index (χ3v) is 3.50. The summed E-state index contributed by atoms with van der Waals surface area (Å²) >= 11 is 6.22. The summed E-state index contributed by atoms with van der Waals surface area (Å²) in [7, 11) is 0. The molecular weight excluding hydrogens is 234 g/mol. The van der Waals surface area contributed by atoms with Crippen LogP contribution in [0.4, 0.5) is 8.78 Å². The van der Waals surface area contributed by atoms with Gasteiger partial charge in [0, 0.05) is 6.61 Å². The monoisotopic (exact) mass is 246 g/mol. The number of hydrogen-bond donors (Lipinski definition) is 0. The summed E-state index contributed by atoms with van der Waals surface area (Å²) in [6.45, 7) is 2.73. The Morgan fingerprint density at radius 3 is 2.69 bits per heavy atom. The Bertz CT molecular complexity index is 383. The maximum atomic E-state index is 13.0. The average molecular weight is 247 g/mol. The van der Waals surface area contributed by atoms with E-state index in [-0.39, 0.29) is 6.10 Å². The highest BCUT2D eigenvalue weighted by molar-refractivity contribution is 6.21. The van der Waals surface area contributed by atoms with Crippen molar-refractivity contribution in [3.8, 4) is 0 Å². The maximum Gasteiger partial charge on any atom is 0.159 e. The van der Waals surface area contributed by atoms with Gasteiger partial charge in [-0.15, -0.1) is 11.6 Å². The van der Waals surface area contributed by atoms with Gasteiger partial charge in [-0.1, -0.05) is 13.0 Å². The van der Waals surface area contributed by atoms with Crippen LogP contribution in [0.25, 0.3) is 0 Å². The van der Waals surface area contributed by atoms with Gasteiger partial charge < -0.3 is 4.74 Å². The van der Waals surface area contributed by atoms with Crippen LogP contribution in [-0.2, 0) is 4.74 Å². The molecule has 1 nitrogen and oxygen atoms in total. The van der Waals surface area contributed by atoms with Gasteiger partial charge in [0.1, 0.15) is 0 Å². The fourth-order valence-electron chi connectivity index (χ4n) is 1.97. The number of halogens is 3. The Balaban J connectivity index is 2.20. The molecule has 88 valence electrons. The topological polar surface area (TPSA) is 9.23 Å². The lowest BCUT2D eigenvalue weighted by Gasteiger charge is -2.20. The first-order chi connectivity index (χ1) is 7.59. The van der Waals surface area contributed by atoms with E-state index >= 15 is 0 Å². The third-order valence-electron chi connectivity index (χ3n) is 2.99. The van der Waals surface area contributed by atoms with Crippen LogP contribution in [0.15, 0.2) is 18.2 Å².